The molecular formula is C109H135B2N13O14. The van der Waals surface area contributed by atoms with E-state index in [1.807, 2.05) is 260 Å². The van der Waals surface area contributed by atoms with Crippen LogP contribution in [0.5, 0.6) is 0 Å². The highest BCUT2D eigenvalue weighted by Gasteiger charge is 2.38. The van der Waals surface area contributed by atoms with Crippen LogP contribution in [0.3, 0.4) is 0 Å². The van der Waals surface area contributed by atoms with Crippen molar-refractivity contribution in [3.05, 3.63) is 325 Å². The Morgan fingerprint density at radius 2 is 0.717 bits per heavy atom. The highest BCUT2D eigenvalue weighted by molar-refractivity contribution is 6.67. The van der Waals surface area contributed by atoms with Crippen LogP contribution in [0.25, 0.3) is 45.0 Å². The summed E-state index contributed by atoms with van der Waals surface area (Å²) in [5, 5.41) is 37.4. The molecule has 0 bridgehead atoms. The number of aliphatic hydroxyl groups excluding tert-OH is 3. The minimum atomic E-state index is -3.18. The van der Waals surface area contributed by atoms with Crippen molar-refractivity contribution >= 4 is 62.6 Å². The number of hydrogen-bond acceptors (Lipinski definition) is 24. The second-order valence-electron chi connectivity index (χ2n) is 36.0. The second-order valence-corrected chi connectivity index (χ2v) is 36.0. The number of aliphatic hydroxyl groups is 3. The Labute approximate surface area is 825 Å². The lowest BCUT2D eigenvalue weighted by molar-refractivity contribution is -0.148. The number of nitrogens with one attached hydrogen (secondary N) is 4. The summed E-state index contributed by atoms with van der Waals surface area (Å²) in [7, 11) is 6.61. The summed E-state index contributed by atoms with van der Waals surface area (Å²) in [5.41, 5.74) is 26.9. The molecule has 29 heteroatoms. The summed E-state index contributed by atoms with van der Waals surface area (Å²) in [4.78, 5) is 116. The average Bonchev–Trinajstić information content (AvgIpc) is 0.739. The van der Waals surface area contributed by atoms with Crippen LogP contribution in [0, 0.1) is 45.8 Å². The number of amides is 3. The van der Waals surface area contributed by atoms with Crippen LogP contribution in [0.4, 0.5) is 0 Å². The minimum absolute atomic E-state index is 0.0178. The lowest BCUT2D eigenvalue weighted by atomic mass is 9.68. The molecule has 11 aromatic rings. The van der Waals surface area contributed by atoms with Crippen molar-refractivity contribution in [3.8, 4) is 45.0 Å². The zero-order valence-corrected chi connectivity index (χ0v) is 80.2. The second kappa shape index (κ2) is 57.3. The van der Waals surface area contributed by atoms with Gasteiger partial charge in [0.1, 0.15) is 0 Å². The van der Waals surface area contributed by atoms with E-state index in [-0.39, 0.29) is 68.5 Å². The highest BCUT2D eigenvalue weighted by Crippen LogP contribution is 2.34. The van der Waals surface area contributed by atoms with Crippen molar-refractivity contribution in [2.45, 2.75) is 164 Å². The molecule has 726 valence electrons. The van der Waals surface area contributed by atoms with Crippen LogP contribution in [0.15, 0.2) is 286 Å². The van der Waals surface area contributed by atoms with Crippen molar-refractivity contribution in [1.82, 2.24) is 56.7 Å². The molecule has 138 heavy (non-hydrogen) atoms. The molecule has 4 heterocycles. The maximum atomic E-state index is 14.0. The number of hydrogen-bond donors (Lipinski definition) is 9. The number of rotatable bonds is 45. The van der Waals surface area contributed by atoms with Crippen molar-refractivity contribution in [3.63, 3.8) is 0 Å². The number of methoxy groups -OCH3 is 3. The molecule has 4 aromatic heterocycles. The Balaban J connectivity index is 0.000000244. The van der Waals surface area contributed by atoms with E-state index in [0.29, 0.717) is 56.0 Å². The van der Waals surface area contributed by atoms with E-state index in [2.05, 4.69) is 41.6 Å². The molecule has 27 nitrogen and oxygen atoms in total. The van der Waals surface area contributed by atoms with E-state index in [9.17, 15) is 53.7 Å². The Bertz CT molecular complexity index is 5780. The first-order valence-electron chi connectivity index (χ1n) is 49.7. The number of carbonyl (C=O) groups excluding carboxylic acids is 8. The third kappa shape index (κ3) is 38.9. The van der Waals surface area contributed by atoms with Gasteiger partial charge >= 0.3 is 17.9 Å². The van der Waals surface area contributed by atoms with E-state index < -0.39 is 109 Å². The quantitative estimate of drug-likeness (QED) is 0.00427. The molecule has 0 unspecified atom stereocenters. The molecule has 0 fully saturated rings. The third-order valence-corrected chi connectivity index (χ3v) is 23.0. The van der Waals surface area contributed by atoms with Gasteiger partial charge in [-0.3, -0.25) is 70.8 Å². The summed E-state index contributed by atoms with van der Waals surface area (Å²) >= 11 is 0. The zero-order chi connectivity index (χ0) is 107. The number of benzene rings is 7. The van der Waals surface area contributed by atoms with Gasteiger partial charge in [0.15, 0.2) is 14.6 Å². The fourth-order valence-corrected chi connectivity index (χ4v) is 15.0. The van der Waals surface area contributed by atoms with Gasteiger partial charge in [-0.2, -0.15) is 0 Å². The number of ether oxygens (including phenoxy) is 3. The van der Waals surface area contributed by atoms with E-state index >= 15 is 0 Å². The van der Waals surface area contributed by atoms with Gasteiger partial charge in [0.05, 0.1) is 112 Å². The van der Waals surface area contributed by atoms with E-state index in [1.54, 1.807) is 72.3 Å². The van der Waals surface area contributed by atoms with Crippen LogP contribution in [-0.2, 0) is 98.0 Å². The number of esters is 3. The largest absolute Gasteiger partial charge is 0.469 e. The predicted octanol–water partition coefficient (Wildman–Crippen LogP) is 14.1. The molecular weight excluding hydrogens is 1740 g/mol. The standard InChI is InChI=1S/2C33H41BN3O5.C22H26N4O.C21H27N3O3/c2*1-33(2,3)28(19-31(40)42-4)32(41)36-37(21-25-13-15-26(16-14-25)29-12-8-9-17-35-29)22-30(39)27(20-34-23-38)18-24-10-6-5-7-11-24;23-20(14-17-6-2-1-3-7-17)22(27)16-26(24)15-18-9-11-19(12-10-18)21-8-4-5-13-25-21;1-21(2,3)17(13-19(25)27-4)20(26)24-23-14-15-8-10-16(11-9-15)18-7-5-6-12-22-18/h2*5-17,23,27-28,30,39H,18-22H2,1-4H3,(H,36,41);1-13,20,22,27H,14-16,23-24H2;5-12,17,23H,13-14H2,1-4H3,(H,24,26)/t2*27-,28-,30+;20-,22-;17-/m1101/s1/i1D3,2D3;;15D2;. The number of hydrazine groups is 4. The van der Waals surface area contributed by atoms with Gasteiger partial charge in [0.25, 0.3) is 0 Å². The molecule has 0 aliphatic heterocycles. The van der Waals surface area contributed by atoms with Gasteiger partial charge in [0, 0.05) is 110 Å². The molecule has 0 saturated heterocycles. The Morgan fingerprint density at radius 1 is 0.406 bits per heavy atom. The molecule has 0 spiro atoms. The van der Waals surface area contributed by atoms with Crippen LogP contribution in [0.2, 0.25) is 12.6 Å². The summed E-state index contributed by atoms with van der Waals surface area (Å²) in [6, 6.07) is 81.0. The average molecular weight is 1880 g/mol. The number of nitrogens with two attached hydrogens (primary N) is 2. The minimum Gasteiger partial charge on any atom is -0.469 e. The highest BCUT2D eigenvalue weighted by atomic mass is 16.5. The maximum Gasteiger partial charge on any atom is 0.306 e. The summed E-state index contributed by atoms with van der Waals surface area (Å²) in [6.45, 7) is 4.78. The summed E-state index contributed by atoms with van der Waals surface area (Å²) < 4.78 is 79.7. The SMILES string of the molecule is COC(=O)C[C@H](C(=O)NN(Cc1ccc(-c2ccccn2)cc1)C[C@H](O)[C@@H](C[B]C=O)Cc1ccccc1)C(C)(C)C.COC(=O)C[C@H](C(=O)NNCc1ccc(-c2ccccn2)cc1)C(C)(C)C.[2H]C([2H])([2H])C(C)([C@H](CC(=O)OC)C(=O)NN(Cc1ccc(-c2ccccn2)cc1)C[C@H](O)[C@@H](C[B]C=O)Cc1ccccc1)C([2H])([2H])[2H].[2H]C([2H])(c1ccc(-c2ccccn2)cc1)N(N)C[C@H](O)[C@@H](N)Cc1ccccc1. The van der Waals surface area contributed by atoms with Crippen LogP contribution < -0.4 is 33.3 Å². The third-order valence-electron chi connectivity index (χ3n) is 23.0. The summed E-state index contributed by atoms with van der Waals surface area (Å²) in [5.74, 6) is -1.11. The van der Waals surface area contributed by atoms with Crippen molar-refractivity contribution in [2.75, 3.05) is 41.0 Å². The van der Waals surface area contributed by atoms with Crippen LogP contribution in [-0.4, -0.2) is 178 Å². The van der Waals surface area contributed by atoms with E-state index in [1.165, 1.54) is 33.8 Å². The topological polar surface area (TPSA) is 386 Å². The fraction of sp³-hybridized carbons (Fsp3) is 0.358. The monoisotopic (exact) mass is 1880 g/mol. The first-order chi connectivity index (χ1) is 69.4. The predicted molar refractivity (Wildman–Crippen MR) is 542 cm³/mol. The lowest BCUT2D eigenvalue weighted by Crippen LogP contribution is -2.51. The number of carbonyl (C=O) groups is 8. The van der Waals surface area contributed by atoms with Crippen LogP contribution >= 0.6 is 0 Å². The lowest BCUT2D eigenvalue weighted by Gasteiger charge is -2.34. The molecule has 0 saturated carbocycles. The van der Waals surface area contributed by atoms with Gasteiger partial charge in [-0.15, -0.1) is 0 Å². The van der Waals surface area contributed by atoms with E-state index in [0.717, 1.165) is 98.1 Å². The molecule has 0 aliphatic carbocycles. The van der Waals surface area contributed by atoms with Crippen molar-refractivity contribution < 1.29 is 78.9 Å². The zero-order valence-electron chi connectivity index (χ0n) is 88.2. The molecule has 9 atom stereocenters. The Morgan fingerprint density at radius 3 is 1.03 bits per heavy atom. The number of pyridine rings is 4. The molecule has 0 aliphatic rings. The first-order valence-corrected chi connectivity index (χ1v) is 45.7. The first kappa shape index (κ1) is 98.1. The molecule has 7 aromatic carbocycles. The molecule has 11 rings (SSSR count). The van der Waals surface area contributed by atoms with Gasteiger partial charge in [0.2, 0.25) is 17.7 Å². The van der Waals surface area contributed by atoms with Crippen molar-refractivity contribution in [2.24, 2.45) is 57.4 Å². The Kier molecular flexibility index (Phi) is 40.8. The smallest absolute Gasteiger partial charge is 0.306 e. The molecule has 2 radical (unpaired) electrons. The van der Waals surface area contributed by atoms with Gasteiger partial charge in [-0.05, 0) is 135 Å². The number of aromatic nitrogens is 4. The van der Waals surface area contributed by atoms with Gasteiger partial charge < -0.3 is 44.9 Å². The Hall–Kier alpha value is -12.9. The number of nitrogens with zero attached hydrogens (tertiary/aromatic N) is 7. The van der Waals surface area contributed by atoms with Crippen LogP contribution in [0.1, 0.15) is 131 Å². The van der Waals surface area contributed by atoms with Crippen molar-refractivity contribution in [1.29, 1.82) is 0 Å². The van der Waals surface area contributed by atoms with Gasteiger partial charge in [-0.1, -0.05) is 287 Å². The van der Waals surface area contributed by atoms with E-state index in [4.69, 9.17) is 36.8 Å². The normalized spacial score (nSPS) is 14.4. The fourth-order valence-electron chi connectivity index (χ4n) is 15.0. The summed E-state index contributed by atoms with van der Waals surface area (Å²) in [6.07, 6.45) is 6.63. The van der Waals surface area contributed by atoms with Gasteiger partial charge in [-0.25, -0.2) is 20.5 Å². The maximum absolute atomic E-state index is 14.0. The molecule has 3 amide bonds. The molecule has 11 N–H and O–H groups in total.